The van der Waals surface area contributed by atoms with Crippen molar-refractivity contribution >= 4 is 12.0 Å². The lowest BCUT2D eigenvalue weighted by Gasteiger charge is -2.43. The van der Waals surface area contributed by atoms with Crippen molar-refractivity contribution in [1.29, 1.82) is 0 Å². The third-order valence-corrected chi connectivity index (χ3v) is 7.69. The zero-order valence-corrected chi connectivity index (χ0v) is 17.2. The number of hydrogen-bond acceptors (Lipinski definition) is 3. The summed E-state index contributed by atoms with van der Waals surface area (Å²) in [6.45, 7) is 11.2. The molecule has 1 N–H and O–H groups in total. The van der Waals surface area contributed by atoms with Gasteiger partial charge in [0.1, 0.15) is 6.61 Å². The number of rotatable bonds is 2. The molecule has 150 valence electrons. The number of amides is 2. The topological polar surface area (TPSA) is 58.6 Å². The van der Waals surface area contributed by atoms with Gasteiger partial charge < -0.3 is 15.0 Å². The van der Waals surface area contributed by atoms with E-state index in [0.717, 1.165) is 13.1 Å². The number of alkyl carbamates (subject to hydrolysis) is 1. The average molecular weight is 383 g/mol. The van der Waals surface area contributed by atoms with Crippen molar-refractivity contribution in [3.63, 3.8) is 0 Å². The molecule has 0 aromatic heterocycles. The molecule has 2 amide bonds. The third kappa shape index (κ3) is 2.58. The largest absolute Gasteiger partial charge is 0.447 e. The van der Waals surface area contributed by atoms with Crippen molar-refractivity contribution in [2.24, 2.45) is 17.3 Å². The molecule has 0 radical (unpaired) electrons. The van der Waals surface area contributed by atoms with E-state index in [2.05, 4.69) is 62.2 Å². The van der Waals surface area contributed by atoms with Crippen molar-refractivity contribution < 1.29 is 14.3 Å². The number of hydrogen-bond donors (Lipinski definition) is 1. The van der Waals surface area contributed by atoms with Crippen LogP contribution in [-0.2, 0) is 14.9 Å². The molecule has 2 saturated carbocycles. The number of benzene rings is 1. The fraction of sp³-hybridized carbons (Fsp3) is 0.652. The number of carbonyl (C=O) groups is 2. The number of ether oxygens (including phenoxy) is 1. The molecular weight excluding hydrogens is 352 g/mol. The number of cyclic esters (lactones) is 1. The normalized spacial score (nSPS) is 38.6. The van der Waals surface area contributed by atoms with Crippen LogP contribution in [0.4, 0.5) is 4.79 Å². The minimum atomic E-state index is -0.346. The third-order valence-electron chi connectivity index (χ3n) is 7.69. The number of nitrogens with zero attached hydrogens (tertiary/aromatic N) is 1. The Balaban J connectivity index is 1.23. The van der Waals surface area contributed by atoms with Crippen molar-refractivity contribution in [1.82, 2.24) is 10.2 Å². The molecule has 1 aromatic carbocycles. The van der Waals surface area contributed by atoms with Crippen molar-refractivity contribution in [2.45, 2.75) is 57.4 Å². The highest BCUT2D eigenvalue weighted by molar-refractivity contribution is 5.82. The second-order valence-electron chi connectivity index (χ2n) is 10.8. The number of nitrogens with one attached hydrogen (secondary N) is 1. The molecule has 5 heteroatoms. The van der Waals surface area contributed by atoms with Crippen molar-refractivity contribution in [2.75, 3.05) is 19.7 Å². The molecule has 2 saturated heterocycles. The molecule has 5 nitrogen and oxygen atoms in total. The zero-order chi connectivity index (χ0) is 19.9. The summed E-state index contributed by atoms with van der Waals surface area (Å²) >= 11 is 0. The summed E-state index contributed by atoms with van der Waals surface area (Å²) < 4.78 is 5.03. The number of fused-ring (bicyclic) bond motifs is 1. The standard InChI is InChI=1S/C23H30N2O3/c1-21(2,3)16-7-5-6-14(8-16)18-17-11-25(12-22(17,18)4)19(26)15-9-23(10-15)13-28-20(27)24-23/h5-8,15,17-18H,9-13H2,1-4H3,(H,24,27)/t15?,17-,18-,22-,23?/m1/s1. The zero-order valence-electron chi connectivity index (χ0n) is 17.2. The van der Waals surface area contributed by atoms with Crippen LogP contribution in [0.15, 0.2) is 24.3 Å². The van der Waals surface area contributed by atoms with Gasteiger partial charge in [-0.3, -0.25) is 4.79 Å². The van der Waals surface area contributed by atoms with E-state index in [4.69, 9.17) is 4.74 Å². The lowest BCUT2D eigenvalue weighted by molar-refractivity contribution is -0.140. The van der Waals surface area contributed by atoms with Gasteiger partial charge >= 0.3 is 6.09 Å². The first-order valence-corrected chi connectivity index (χ1v) is 10.5. The molecule has 2 heterocycles. The average Bonchev–Trinajstić information content (AvgIpc) is 2.90. The molecule has 0 bridgehead atoms. The van der Waals surface area contributed by atoms with Gasteiger partial charge in [-0.1, -0.05) is 52.0 Å². The monoisotopic (exact) mass is 382 g/mol. The minimum absolute atomic E-state index is 0.0331. The van der Waals surface area contributed by atoms with Crippen LogP contribution in [0.2, 0.25) is 0 Å². The Bertz CT molecular complexity index is 852. The Morgan fingerprint density at radius 1 is 1.29 bits per heavy atom. The molecule has 4 fully saturated rings. The van der Waals surface area contributed by atoms with Crippen LogP contribution in [0.3, 0.4) is 0 Å². The SMILES string of the molecule is CC(C)(C)c1cccc([C@@H]2[C@H]3CN(C(=O)C4CC5(COC(=O)N5)C4)C[C@]32C)c1. The van der Waals surface area contributed by atoms with Crippen LogP contribution in [0.25, 0.3) is 0 Å². The Morgan fingerprint density at radius 3 is 2.61 bits per heavy atom. The molecule has 2 aliphatic carbocycles. The van der Waals surface area contributed by atoms with Gasteiger partial charge in [0.15, 0.2) is 0 Å². The lowest BCUT2D eigenvalue weighted by Crippen LogP contribution is -2.58. The Kier molecular flexibility index (Phi) is 3.55. The molecule has 1 spiro atoms. The van der Waals surface area contributed by atoms with E-state index in [9.17, 15) is 9.59 Å². The first kappa shape index (κ1) is 18.0. The van der Waals surface area contributed by atoms with Gasteiger partial charge in [0.25, 0.3) is 0 Å². The molecule has 4 aliphatic rings. The van der Waals surface area contributed by atoms with E-state index in [1.165, 1.54) is 11.1 Å². The highest BCUT2D eigenvalue weighted by atomic mass is 16.6. The summed E-state index contributed by atoms with van der Waals surface area (Å²) in [5.74, 6) is 1.43. The Morgan fingerprint density at radius 2 is 2.04 bits per heavy atom. The number of carbonyl (C=O) groups excluding carboxylic acids is 2. The van der Waals surface area contributed by atoms with E-state index in [1.807, 2.05) is 0 Å². The van der Waals surface area contributed by atoms with Crippen LogP contribution in [0.5, 0.6) is 0 Å². The van der Waals surface area contributed by atoms with E-state index < -0.39 is 0 Å². The van der Waals surface area contributed by atoms with Crippen molar-refractivity contribution in [3.8, 4) is 0 Å². The second-order valence-corrected chi connectivity index (χ2v) is 10.8. The minimum Gasteiger partial charge on any atom is -0.447 e. The predicted octanol–water partition coefficient (Wildman–Crippen LogP) is 3.43. The van der Waals surface area contributed by atoms with Crippen molar-refractivity contribution in [3.05, 3.63) is 35.4 Å². The van der Waals surface area contributed by atoms with Gasteiger partial charge in [0.05, 0.1) is 5.54 Å². The summed E-state index contributed by atoms with van der Waals surface area (Å²) in [6, 6.07) is 9.03. The smallest absolute Gasteiger partial charge is 0.407 e. The first-order chi connectivity index (χ1) is 13.1. The van der Waals surface area contributed by atoms with E-state index >= 15 is 0 Å². The lowest BCUT2D eigenvalue weighted by atomic mass is 9.68. The molecule has 5 rings (SSSR count). The molecule has 28 heavy (non-hydrogen) atoms. The predicted molar refractivity (Wildman–Crippen MR) is 106 cm³/mol. The quantitative estimate of drug-likeness (QED) is 0.852. The van der Waals surface area contributed by atoms with Gasteiger partial charge in [-0.15, -0.1) is 0 Å². The fourth-order valence-corrected chi connectivity index (χ4v) is 5.91. The molecule has 2 aliphatic heterocycles. The van der Waals surface area contributed by atoms with Gasteiger partial charge in [0.2, 0.25) is 5.91 Å². The summed E-state index contributed by atoms with van der Waals surface area (Å²) in [4.78, 5) is 26.3. The maximum atomic E-state index is 13.0. The second kappa shape index (κ2) is 5.52. The van der Waals surface area contributed by atoms with E-state index in [1.54, 1.807) is 0 Å². The molecular formula is C23H30N2O3. The maximum absolute atomic E-state index is 13.0. The Labute approximate surface area is 166 Å². The Hall–Kier alpha value is -2.04. The fourth-order valence-electron chi connectivity index (χ4n) is 5.91. The van der Waals surface area contributed by atoms with Gasteiger partial charge in [-0.25, -0.2) is 4.79 Å². The molecule has 3 atom stereocenters. The van der Waals surface area contributed by atoms with Gasteiger partial charge in [-0.2, -0.15) is 0 Å². The van der Waals surface area contributed by atoms with Gasteiger partial charge in [0, 0.05) is 19.0 Å². The summed E-state index contributed by atoms with van der Waals surface area (Å²) in [5.41, 5.74) is 2.90. The highest BCUT2D eigenvalue weighted by Gasteiger charge is 2.67. The van der Waals surface area contributed by atoms with E-state index in [0.29, 0.717) is 31.3 Å². The number of piperidine rings is 1. The summed E-state index contributed by atoms with van der Waals surface area (Å²) in [6.07, 6.45) is 1.08. The summed E-state index contributed by atoms with van der Waals surface area (Å²) in [5, 5.41) is 2.88. The van der Waals surface area contributed by atoms with Crippen LogP contribution in [-0.4, -0.2) is 42.1 Å². The van der Waals surface area contributed by atoms with Crippen LogP contribution in [0, 0.1) is 17.3 Å². The number of likely N-dealkylation sites (tertiary alicyclic amines) is 1. The van der Waals surface area contributed by atoms with Gasteiger partial charge in [-0.05, 0) is 46.6 Å². The highest BCUT2D eigenvalue weighted by Crippen LogP contribution is 2.68. The maximum Gasteiger partial charge on any atom is 0.407 e. The van der Waals surface area contributed by atoms with E-state index in [-0.39, 0.29) is 34.3 Å². The molecule has 1 aromatic rings. The van der Waals surface area contributed by atoms with Crippen LogP contribution in [0.1, 0.15) is 57.6 Å². The van der Waals surface area contributed by atoms with Crippen LogP contribution < -0.4 is 5.32 Å². The summed E-state index contributed by atoms with van der Waals surface area (Å²) in [7, 11) is 0. The van der Waals surface area contributed by atoms with Crippen LogP contribution >= 0.6 is 0 Å². The first-order valence-electron chi connectivity index (χ1n) is 10.5. The molecule has 0 unspecified atom stereocenters.